The first-order valence-corrected chi connectivity index (χ1v) is 11.1. The van der Waals surface area contributed by atoms with Crippen molar-refractivity contribution < 1.29 is 13.6 Å². The molecule has 1 amide bonds. The van der Waals surface area contributed by atoms with Crippen LogP contribution >= 0.6 is 11.6 Å². The number of anilines is 1. The fourth-order valence-electron chi connectivity index (χ4n) is 3.67. The van der Waals surface area contributed by atoms with Crippen LogP contribution in [-0.4, -0.2) is 57.2 Å². The summed E-state index contributed by atoms with van der Waals surface area (Å²) in [5, 5.41) is 0.281. The molecule has 1 saturated heterocycles. The number of amides is 1. The number of nitrogens with zero attached hydrogens (tertiary/aromatic N) is 2. The maximum absolute atomic E-state index is 12.8. The molecule has 1 aliphatic heterocycles. The van der Waals surface area contributed by atoms with Crippen LogP contribution in [0.4, 0.5) is 5.69 Å². The van der Waals surface area contributed by atoms with Gasteiger partial charge in [0.15, 0.2) is 0 Å². The van der Waals surface area contributed by atoms with Crippen molar-refractivity contribution in [2.45, 2.75) is 39.5 Å². The Morgan fingerprint density at radius 2 is 1.85 bits per heavy atom. The molecule has 0 saturated carbocycles. The van der Waals surface area contributed by atoms with Crippen molar-refractivity contribution in [2.75, 3.05) is 37.4 Å². The molecule has 1 atom stereocenters. The van der Waals surface area contributed by atoms with Gasteiger partial charge >= 0.3 is 0 Å². The molecular formula is C19H30ClN3O3S. The Labute approximate surface area is 169 Å². The maximum Gasteiger partial charge on any atom is 0.259 e. The number of benzene rings is 1. The lowest BCUT2D eigenvalue weighted by Crippen LogP contribution is -2.49. The number of piperazine rings is 1. The van der Waals surface area contributed by atoms with Crippen LogP contribution in [0.1, 0.15) is 49.9 Å². The van der Waals surface area contributed by atoms with Crippen LogP contribution in [0.2, 0.25) is 5.02 Å². The molecule has 0 bridgehead atoms. The van der Waals surface area contributed by atoms with Gasteiger partial charge in [-0.05, 0) is 37.0 Å². The highest BCUT2D eigenvalue weighted by Crippen LogP contribution is 2.23. The topological polar surface area (TPSA) is 72.9 Å². The summed E-state index contributed by atoms with van der Waals surface area (Å²) < 4.78 is 22.0. The van der Waals surface area contributed by atoms with Crippen LogP contribution in [0.25, 0.3) is 0 Å². The van der Waals surface area contributed by atoms with E-state index in [1.807, 2.05) is 4.90 Å². The summed E-state index contributed by atoms with van der Waals surface area (Å²) in [5.74, 6) is 0.656. The van der Waals surface area contributed by atoms with Crippen LogP contribution in [0, 0.1) is 5.92 Å². The molecule has 2 rings (SSSR count). The van der Waals surface area contributed by atoms with Gasteiger partial charge in [0.05, 0.1) is 10.6 Å². The van der Waals surface area contributed by atoms with E-state index in [1.165, 1.54) is 31.7 Å². The molecule has 152 valence electrons. The third kappa shape index (κ3) is 6.75. The zero-order valence-corrected chi connectivity index (χ0v) is 17.7. The first kappa shape index (κ1) is 22.1. The predicted molar refractivity (Wildman–Crippen MR) is 111 cm³/mol. The SMILES string of the molecule is CCCC(CCC)CN1CCN(C(=O)c2ccc(NS(=O)O)cc2Cl)CC1. The van der Waals surface area contributed by atoms with E-state index < -0.39 is 11.3 Å². The van der Waals surface area contributed by atoms with E-state index in [9.17, 15) is 9.00 Å². The molecular weight excluding hydrogens is 386 g/mol. The molecule has 2 N–H and O–H groups in total. The van der Waals surface area contributed by atoms with E-state index in [1.54, 1.807) is 12.1 Å². The molecule has 1 unspecified atom stereocenters. The lowest BCUT2D eigenvalue weighted by Gasteiger charge is -2.36. The third-order valence-corrected chi connectivity index (χ3v) is 5.70. The van der Waals surface area contributed by atoms with Crippen LogP contribution in [-0.2, 0) is 11.3 Å². The van der Waals surface area contributed by atoms with Gasteiger partial charge in [0, 0.05) is 38.4 Å². The van der Waals surface area contributed by atoms with Crippen molar-refractivity contribution in [1.29, 1.82) is 0 Å². The largest absolute Gasteiger partial charge is 0.336 e. The summed E-state index contributed by atoms with van der Waals surface area (Å²) in [7, 11) is 0. The molecule has 27 heavy (non-hydrogen) atoms. The standard InChI is InChI=1S/C19H30ClN3O3S/c1-3-5-15(6-4-2)14-22-9-11-23(12-10-22)19(24)17-8-7-16(13-18(17)20)21-27(25)26/h7-8,13,15,21H,3-6,9-12,14H2,1-2H3,(H,25,26). The Hall–Kier alpha value is -1.15. The van der Waals surface area contributed by atoms with Crippen LogP contribution in [0.3, 0.4) is 0 Å². The second-order valence-electron chi connectivity index (χ2n) is 7.08. The van der Waals surface area contributed by atoms with Crippen molar-refractivity contribution in [3.63, 3.8) is 0 Å². The van der Waals surface area contributed by atoms with E-state index in [2.05, 4.69) is 23.5 Å². The first-order valence-electron chi connectivity index (χ1n) is 9.63. The number of hydrogen-bond donors (Lipinski definition) is 2. The van der Waals surface area contributed by atoms with Gasteiger partial charge in [0.2, 0.25) is 0 Å². The summed E-state index contributed by atoms with van der Waals surface area (Å²) >= 11 is 4.05. The highest BCUT2D eigenvalue weighted by molar-refractivity contribution is 7.80. The van der Waals surface area contributed by atoms with Crippen molar-refractivity contribution in [3.8, 4) is 0 Å². The molecule has 1 aliphatic rings. The molecule has 1 fully saturated rings. The van der Waals surface area contributed by atoms with Gasteiger partial charge in [-0.1, -0.05) is 38.3 Å². The number of halogens is 1. The average Bonchev–Trinajstić information content (AvgIpc) is 2.62. The molecule has 0 aromatic heterocycles. The lowest BCUT2D eigenvalue weighted by molar-refractivity contribution is 0.0612. The fraction of sp³-hybridized carbons (Fsp3) is 0.632. The number of hydrogen-bond acceptors (Lipinski definition) is 3. The molecule has 0 radical (unpaired) electrons. The number of nitrogens with one attached hydrogen (secondary N) is 1. The van der Waals surface area contributed by atoms with Crippen molar-refractivity contribution >= 4 is 34.5 Å². The zero-order valence-electron chi connectivity index (χ0n) is 16.1. The molecule has 0 spiro atoms. The Balaban J connectivity index is 1.91. The van der Waals surface area contributed by atoms with Gasteiger partial charge < -0.3 is 4.90 Å². The first-order chi connectivity index (χ1) is 12.9. The van der Waals surface area contributed by atoms with Gasteiger partial charge in [-0.25, -0.2) is 4.21 Å². The Bertz CT molecular complexity index is 645. The molecule has 8 heteroatoms. The van der Waals surface area contributed by atoms with E-state index >= 15 is 0 Å². The van der Waals surface area contributed by atoms with Crippen LogP contribution in [0.5, 0.6) is 0 Å². The molecule has 1 aromatic carbocycles. The van der Waals surface area contributed by atoms with Crippen LogP contribution in [0.15, 0.2) is 18.2 Å². The quantitative estimate of drug-likeness (QED) is 0.600. The predicted octanol–water partition coefficient (Wildman–Crippen LogP) is 3.86. The van der Waals surface area contributed by atoms with E-state index in [0.717, 1.165) is 25.6 Å². The maximum atomic E-state index is 12.8. The van der Waals surface area contributed by atoms with E-state index in [-0.39, 0.29) is 10.9 Å². The lowest BCUT2D eigenvalue weighted by atomic mass is 9.97. The fourth-order valence-corrected chi connectivity index (χ4v) is 4.26. The average molecular weight is 416 g/mol. The highest BCUT2D eigenvalue weighted by Gasteiger charge is 2.25. The monoisotopic (exact) mass is 415 g/mol. The van der Waals surface area contributed by atoms with E-state index in [4.69, 9.17) is 16.2 Å². The molecule has 1 heterocycles. The van der Waals surface area contributed by atoms with Gasteiger partial charge in [0.1, 0.15) is 0 Å². The number of rotatable bonds is 9. The summed E-state index contributed by atoms with van der Waals surface area (Å²) in [6.45, 7) is 8.75. The molecule has 1 aromatic rings. The summed E-state index contributed by atoms with van der Waals surface area (Å²) in [6.07, 6.45) is 4.97. The number of carbonyl (C=O) groups is 1. The second kappa shape index (κ2) is 11.0. The van der Waals surface area contributed by atoms with Gasteiger partial charge in [-0.2, -0.15) is 0 Å². The normalized spacial score (nSPS) is 16.6. The third-order valence-electron chi connectivity index (χ3n) is 4.97. The van der Waals surface area contributed by atoms with Gasteiger partial charge in [0.25, 0.3) is 17.2 Å². The zero-order chi connectivity index (χ0) is 19.8. The summed E-state index contributed by atoms with van der Waals surface area (Å²) in [6, 6.07) is 4.69. The van der Waals surface area contributed by atoms with Crippen molar-refractivity contribution in [1.82, 2.24) is 9.80 Å². The van der Waals surface area contributed by atoms with Crippen molar-refractivity contribution in [2.24, 2.45) is 5.92 Å². The Morgan fingerprint density at radius 3 is 2.37 bits per heavy atom. The van der Waals surface area contributed by atoms with Gasteiger partial charge in [-0.15, -0.1) is 0 Å². The molecule has 0 aliphatic carbocycles. The second-order valence-corrected chi connectivity index (χ2v) is 8.19. The van der Waals surface area contributed by atoms with E-state index in [0.29, 0.717) is 24.3 Å². The molecule has 6 nitrogen and oxygen atoms in total. The minimum Gasteiger partial charge on any atom is -0.336 e. The minimum absolute atomic E-state index is 0.0880. The van der Waals surface area contributed by atoms with Crippen molar-refractivity contribution in [3.05, 3.63) is 28.8 Å². The highest BCUT2D eigenvalue weighted by atomic mass is 35.5. The summed E-state index contributed by atoms with van der Waals surface area (Å²) in [4.78, 5) is 17.1. The van der Waals surface area contributed by atoms with Gasteiger partial charge in [-0.3, -0.25) is 19.0 Å². The van der Waals surface area contributed by atoms with Crippen LogP contribution < -0.4 is 4.72 Å². The Kier molecular flexibility index (Phi) is 9.02. The number of carbonyl (C=O) groups excluding carboxylic acids is 1. The summed E-state index contributed by atoms with van der Waals surface area (Å²) in [5.41, 5.74) is 0.828. The Morgan fingerprint density at radius 1 is 1.22 bits per heavy atom. The minimum atomic E-state index is -2.17. The smallest absolute Gasteiger partial charge is 0.259 e.